The maximum Gasteiger partial charge on any atom is 0.419 e. The molecule has 0 N–H and O–H groups in total. The Bertz CT molecular complexity index is 1680. The zero-order valence-corrected chi connectivity index (χ0v) is 24.9. The van der Waals surface area contributed by atoms with Gasteiger partial charge in [-0.05, 0) is 39.3 Å². The molecule has 1 atom stereocenters. The van der Waals surface area contributed by atoms with E-state index >= 15 is 8.78 Å². The Morgan fingerprint density at radius 1 is 1.05 bits per heavy atom. The molecule has 2 aromatic heterocycles. The van der Waals surface area contributed by atoms with E-state index in [0.717, 1.165) is 0 Å². The first-order valence-corrected chi connectivity index (χ1v) is 14.0. The van der Waals surface area contributed by atoms with E-state index in [1.807, 2.05) is 11.8 Å². The van der Waals surface area contributed by atoms with Gasteiger partial charge in [0.05, 0.1) is 11.1 Å². The zero-order chi connectivity index (χ0) is 32.0. The molecule has 0 bridgehead atoms. The minimum atomic E-state index is -5.12. The second-order valence-corrected chi connectivity index (χ2v) is 11.7. The van der Waals surface area contributed by atoms with Gasteiger partial charge in [-0.2, -0.15) is 18.3 Å². The van der Waals surface area contributed by atoms with Gasteiger partial charge in [0.2, 0.25) is 0 Å². The van der Waals surface area contributed by atoms with Crippen LogP contribution in [-0.2, 0) is 24.6 Å². The minimum absolute atomic E-state index is 0.137. The molecule has 0 aliphatic carbocycles. The normalized spacial score (nSPS) is 16.0. The fraction of sp³-hybridized carbons (Fsp3) is 0.387. The number of benzene rings is 2. The molecule has 1 fully saturated rings. The number of hydrogen-bond acceptors (Lipinski definition) is 6. The van der Waals surface area contributed by atoms with E-state index in [4.69, 9.17) is 9.47 Å². The minimum Gasteiger partial charge on any atom is -0.483 e. The molecule has 0 radical (unpaired) electrons. The van der Waals surface area contributed by atoms with Crippen LogP contribution in [0.4, 0.5) is 32.6 Å². The molecule has 13 heteroatoms. The lowest BCUT2D eigenvalue weighted by atomic mass is 10.0. The number of nitrogens with zero attached hydrogens (tertiary/aromatic N) is 5. The Balaban J connectivity index is 1.48. The zero-order valence-electron chi connectivity index (χ0n) is 24.9. The van der Waals surface area contributed by atoms with Crippen molar-refractivity contribution < 1.29 is 36.2 Å². The van der Waals surface area contributed by atoms with Gasteiger partial charge in [-0.15, -0.1) is 0 Å². The van der Waals surface area contributed by atoms with Crippen LogP contribution in [0.2, 0.25) is 0 Å². The summed E-state index contributed by atoms with van der Waals surface area (Å²) < 4.78 is 84.7. The lowest BCUT2D eigenvalue weighted by Gasteiger charge is -2.40. The van der Waals surface area contributed by atoms with E-state index in [0.29, 0.717) is 42.6 Å². The third kappa shape index (κ3) is 6.27. The van der Waals surface area contributed by atoms with Gasteiger partial charge in [-0.25, -0.2) is 18.6 Å². The van der Waals surface area contributed by atoms with E-state index in [2.05, 4.69) is 10.1 Å². The van der Waals surface area contributed by atoms with Crippen molar-refractivity contribution in [3.05, 3.63) is 71.4 Å². The SMILES string of the molecule is CC1CN(C(=O)OC(C)(C)C)CCN1c1cc2c(cn1)c(-c1cc(C(F)(F)F)c(F)c(OCc3ccccc3)c1F)nn2C. The second kappa shape index (κ2) is 11.6. The molecular formula is C31H32F5N5O3. The van der Waals surface area contributed by atoms with E-state index in [1.165, 1.54) is 10.9 Å². The van der Waals surface area contributed by atoms with Crippen LogP contribution in [0.1, 0.15) is 38.8 Å². The highest BCUT2D eigenvalue weighted by molar-refractivity contribution is 5.94. The number of amides is 1. The fourth-order valence-electron chi connectivity index (χ4n) is 5.14. The number of halogens is 5. The van der Waals surface area contributed by atoms with Crippen LogP contribution >= 0.6 is 0 Å². The van der Waals surface area contributed by atoms with Gasteiger partial charge in [0, 0.05) is 55.9 Å². The van der Waals surface area contributed by atoms with Crippen LogP contribution in [0.25, 0.3) is 22.2 Å². The number of aryl methyl sites for hydroxylation is 1. The van der Waals surface area contributed by atoms with E-state index in [-0.39, 0.29) is 23.7 Å². The number of alkyl halides is 3. The highest BCUT2D eigenvalue weighted by Crippen LogP contribution is 2.42. The molecule has 0 saturated carbocycles. The van der Waals surface area contributed by atoms with E-state index in [9.17, 15) is 18.0 Å². The molecule has 0 spiro atoms. The average Bonchev–Trinajstić information content (AvgIpc) is 3.27. The molecule has 234 valence electrons. The summed E-state index contributed by atoms with van der Waals surface area (Å²) in [5.74, 6) is -3.73. The number of hydrogen-bond donors (Lipinski definition) is 0. The predicted molar refractivity (Wildman–Crippen MR) is 154 cm³/mol. The number of anilines is 1. The maximum atomic E-state index is 15.8. The van der Waals surface area contributed by atoms with Crippen molar-refractivity contribution in [2.24, 2.45) is 7.05 Å². The Hall–Kier alpha value is -4.42. The molecule has 1 aliphatic heterocycles. The van der Waals surface area contributed by atoms with Crippen LogP contribution in [0.15, 0.2) is 48.7 Å². The first kappa shape index (κ1) is 31.0. The molecule has 44 heavy (non-hydrogen) atoms. The maximum absolute atomic E-state index is 15.8. The Kier molecular flexibility index (Phi) is 8.17. The summed E-state index contributed by atoms with van der Waals surface area (Å²) in [4.78, 5) is 20.7. The third-order valence-electron chi connectivity index (χ3n) is 7.24. The molecule has 4 aromatic rings. The summed E-state index contributed by atoms with van der Waals surface area (Å²) in [7, 11) is 1.57. The van der Waals surface area contributed by atoms with Crippen molar-refractivity contribution in [1.29, 1.82) is 0 Å². The first-order valence-electron chi connectivity index (χ1n) is 14.0. The Morgan fingerprint density at radius 3 is 2.39 bits per heavy atom. The smallest absolute Gasteiger partial charge is 0.419 e. The lowest BCUT2D eigenvalue weighted by Crippen LogP contribution is -2.54. The number of fused-ring (bicyclic) bond motifs is 1. The quantitative estimate of drug-likeness (QED) is 0.226. The number of carbonyl (C=O) groups is 1. The number of ether oxygens (including phenoxy) is 2. The molecule has 3 heterocycles. The summed E-state index contributed by atoms with van der Waals surface area (Å²) >= 11 is 0. The van der Waals surface area contributed by atoms with Crippen molar-refractivity contribution in [2.45, 2.75) is 52.1 Å². The molecular weight excluding hydrogens is 585 g/mol. The van der Waals surface area contributed by atoms with Gasteiger partial charge in [-0.1, -0.05) is 30.3 Å². The van der Waals surface area contributed by atoms with Crippen LogP contribution in [0.5, 0.6) is 5.75 Å². The third-order valence-corrected chi connectivity index (χ3v) is 7.24. The summed E-state index contributed by atoms with van der Waals surface area (Å²) in [6.45, 7) is 8.21. The number of aromatic nitrogens is 3. The van der Waals surface area contributed by atoms with Crippen LogP contribution < -0.4 is 9.64 Å². The number of rotatable bonds is 5. The monoisotopic (exact) mass is 617 g/mol. The van der Waals surface area contributed by atoms with Crippen LogP contribution in [-0.4, -0.2) is 57.0 Å². The summed E-state index contributed by atoms with van der Waals surface area (Å²) in [5.41, 5.74) is -2.02. The van der Waals surface area contributed by atoms with Gasteiger partial charge in [0.1, 0.15) is 23.7 Å². The highest BCUT2D eigenvalue weighted by atomic mass is 19.4. The molecule has 8 nitrogen and oxygen atoms in total. The summed E-state index contributed by atoms with van der Waals surface area (Å²) in [6.07, 6.45) is -4.12. The van der Waals surface area contributed by atoms with E-state index in [1.54, 1.807) is 69.1 Å². The average molecular weight is 618 g/mol. The summed E-state index contributed by atoms with van der Waals surface area (Å²) in [5, 5.41) is 4.58. The van der Waals surface area contributed by atoms with Gasteiger partial charge in [0.25, 0.3) is 0 Å². The molecule has 2 aromatic carbocycles. The molecule has 1 saturated heterocycles. The van der Waals surface area contributed by atoms with Crippen LogP contribution in [0.3, 0.4) is 0 Å². The lowest BCUT2D eigenvalue weighted by molar-refractivity contribution is -0.140. The topological polar surface area (TPSA) is 72.7 Å². The number of carbonyl (C=O) groups excluding carboxylic acids is 1. The molecule has 1 amide bonds. The first-order chi connectivity index (χ1) is 20.6. The Labute approximate surface area is 251 Å². The van der Waals surface area contributed by atoms with Crippen LogP contribution in [0, 0.1) is 11.6 Å². The van der Waals surface area contributed by atoms with Gasteiger partial charge in [0.15, 0.2) is 17.4 Å². The predicted octanol–water partition coefficient (Wildman–Crippen LogP) is 6.96. The second-order valence-electron chi connectivity index (χ2n) is 11.7. The van der Waals surface area contributed by atoms with Crippen molar-refractivity contribution in [2.75, 3.05) is 24.5 Å². The van der Waals surface area contributed by atoms with Gasteiger partial charge < -0.3 is 19.3 Å². The number of piperazine rings is 1. The van der Waals surface area contributed by atoms with Gasteiger partial charge in [-0.3, -0.25) is 4.68 Å². The van der Waals surface area contributed by atoms with Crippen molar-refractivity contribution in [3.8, 4) is 17.0 Å². The molecule has 1 aliphatic rings. The van der Waals surface area contributed by atoms with Crippen molar-refractivity contribution >= 4 is 22.8 Å². The molecule has 5 rings (SSSR count). The molecule has 1 unspecified atom stereocenters. The van der Waals surface area contributed by atoms with Gasteiger partial charge >= 0.3 is 12.3 Å². The number of pyridine rings is 1. The standard InChI is InChI=1S/C31H32F5N5O3/c1-18-16-40(29(42)44-30(2,3)4)11-12-41(18)24-14-23-21(15-37-24)27(38-39(23)5)20-13-22(31(34,35)36)26(33)28(25(20)32)43-17-19-9-7-6-8-10-19/h6-10,13-15,18H,11-12,16-17H2,1-5H3. The highest BCUT2D eigenvalue weighted by Gasteiger charge is 2.39. The van der Waals surface area contributed by atoms with Crippen molar-refractivity contribution in [1.82, 2.24) is 19.7 Å². The fourth-order valence-corrected chi connectivity index (χ4v) is 5.14. The van der Waals surface area contributed by atoms with Crippen molar-refractivity contribution in [3.63, 3.8) is 0 Å². The summed E-state index contributed by atoms with van der Waals surface area (Å²) in [6, 6.07) is 10.3. The van der Waals surface area contributed by atoms with E-state index < -0.39 is 46.4 Å². The Morgan fingerprint density at radius 2 is 1.75 bits per heavy atom. The largest absolute Gasteiger partial charge is 0.483 e.